The van der Waals surface area contributed by atoms with Crippen LogP contribution in [-0.2, 0) is 16.4 Å². The van der Waals surface area contributed by atoms with Crippen molar-refractivity contribution in [1.82, 2.24) is 9.97 Å². The quantitative estimate of drug-likeness (QED) is 0.623. The molecule has 2 aromatic carbocycles. The minimum atomic E-state index is -3.76. The van der Waals surface area contributed by atoms with Gasteiger partial charge in [0.2, 0.25) is 5.95 Å². The summed E-state index contributed by atoms with van der Waals surface area (Å²) in [5, 5.41) is 6.62. The molecule has 1 aromatic heterocycles. The molecule has 2 N–H and O–H groups in total. The Kier molecular flexibility index (Phi) is 4.43. The van der Waals surface area contributed by atoms with Crippen LogP contribution in [0.5, 0.6) is 0 Å². The smallest absolute Gasteiger partial charge is 0.268 e. The molecule has 0 spiro atoms. The second kappa shape index (κ2) is 7.14. The van der Waals surface area contributed by atoms with Gasteiger partial charge in [0.1, 0.15) is 4.90 Å². The average Bonchev–Trinajstić information content (AvgIpc) is 2.76. The van der Waals surface area contributed by atoms with Crippen LogP contribution in [-0.4, -0.2) is 31.5 Å². The summed E-state index contributed by atoms with van der Waals surface area (Å²) in [6.45, 7) is 4.83. The first-order valence-corrected chi connectivity index (χ1v) is 11.3. The van der Waals surface area contributed by atoms with Crippen molar-refractivity contribution in [2.75, 3.05) is 28.0 Å². The van der Waals surface area contributed by atoms with E-state index in [1.54, 1.807) is 12.1 Å². The summed E-state index contributed by atoms with van der Waals surface area (Å²) < 4.78 is 27.6. The van der Waals surface area contributed by atoms with Gasteiger partial charge in [0, 0.05) is 23.5 Å². The molecule has 3 aromatic rings. The predicted molar refractivity (Wildman–Crippen MR) is 119 cm³/mol. The maximum atomic E-state index is 13.2. The van der Waals surface area contributed by atoms with Crippen molar-refractivity contribution in [1.29, 1.82) is 0 Å². The third kappa shape index (κ3) is 3.00. The molecule has 8 heteroatoms. The normalized spacial score (nSPS) is 15.9. The number of fused-ring (bicyclic) bond motifs is 4. The zero-order chi connectivity index (χ0) is 20.7. The van der Waals surface area contributed by atoms with Gasteiger partial charge in [0.05, 0.1) is 24.1 Å². The van der Waals surface area contributed by atoms with E-state index in [0.717, 1.165) is 36.3 Å². The highest BCUT2D eigenvalue weighted by molar-refractivity contribution is 7.93. The number of hydrogen-bond donors (Lipinski definition) is 2. The molecule has 2 aliphatic heterocycles. The Morgan fingerprint density at radius 1 is 1.23 bits per heavy atom. The Hall–Kier alpha value is -3.39. The van der Waals surface area contributed by atoms with Gasteiger partial charge in [-0.25, -0.2) is 18.4 Å². The number of nitrogens with one attached hydrogen (secondary N) is 2. The fourth-order valence-corrected chi connectivity index (χ4v) is 5.48. The molecule has 0 bridgehead atoms. The van der Waals surface area contributed by atoms with Crippen LogP contribution in [0.4, 0.5) is 23.0 Å². The molecule has 30 heavy (non-hydrogen) atoms. The standard InChI is InChI=1S/C22H21N5O2S/c1-2-12-27-19-8-4-3-7-17(19)21-20(30(27,28)29)14-24-22(26-21)25-16-10-9-15-6-5-11-23-18(15)13-16/h2-4,7-10,13-14,23H,1,5-6,11-12H2,(H,24,25,26). The van der Waals surface area contributed by atoms with Gasteiger partial charge in [-0.15, -0.1) is 6.58 Å². The number of benzene rings is 2. The van der Waals surface area contributed by atoms with Crippen molar-refractivity contribution < 1.29 is 8.42 Å². The molecule has 5 rings (SSSR count). The van der Waals surface area contributed by atoms with Crippen molar-refractivity contribution in [3.63, 3.8) is 0 Å². The zero-order valence-corrected chi connectivity index (χ0v) is 17.1. The van der Waals surface area contributed by atoms with E-state index in [9.17, 15) is 8.42 Å². The molecule has 0 radical (unpaired) electrons. The largest absolute Gasteiger partial charge is 0.385 e. The summed E-state index contributed by atoms with van der Waals surface area (Å²) in [7, 11) is -3.76. The molecule has 0 aliphatic carbocycles. The molecule has 0 unspecified atom stereocenters. The van der Waals surface area contributed by atoms with Crippen molar-refractivity contribution in [3.05, 3.63) is 66.9 Å². The third-order valence-corrected chi connectivity index (χ3v) is 7.13. The topological polar surface area (TPSA) is 87.2 Å². The van der Waals surface area contributed by atoms with E-state index in [0.29, 0.717) is 17.3 Å². The summed E-state index contributed by atoms with van der Waals surface area (Å²) >= 11 is 0. The maximum absolute atomic E-state index is 13.2. The van der Waals surface area contributed by atoms with Gasteiger partial charge in [-0.3, -0.25) is 4.31 Å². The molecular formula is C22H21N5O2S. The van der Waals surface area contributed by atoms with Gasteiger partial charge in [-0.2, -0.15) is 0 Å². The number of rotatable bonds is 4. The van der Waals surface area contributed by atoms with E-state index in [1.807, 2.05) is 30.3 Å². The van der Waals surface area contributed by atoms with E-state index in [4.69, 9.17) is 0 Å². The summed E-state index contributed by atoms with van der Waals surface area (Å²) in [4.78, 5) is 8.96. The molecular weight excluding hydrogens is 398 g/mol. The van der Waals surface area contributed by atoms with Crippen molar-refractivity contribution in [2.24, 2.45) is 0 Å². The van der Waals surface area contributed by atoms with E-state index >= 15 is 0 Å². The first-order valence-electron chi connectivity index (χ1n) is 9.82. The second-order valence-corrected chi connectivity index (χ2v) is 9.11. The SMILES string of the molecule is C=CCN1c2ccccc2-c2nc(Nc3ccc4c(c3)NCCC4)ncc2S1(=O)=O. The molecule has 0 saturated heterocycles. The van der Waals surface area contributed by atoms with Gasteiger partial charge in [0.15, 0.2) is 0 Å². The van der Waals surface area contributed by atoms with Gasteiger partial charge < -0.3 is 10.6 Å². The Labute approximate surface area is 175 Å². The number of aryl methyl sites for hydroxylation is 1. The summed E-state index contributed by atoms with van der Waals surface area (Å²) in [5.41, 5.74) is 5.00. The molecule has 0 amide bonds. The Morgan fingerprint density at radius 3 is 2.97 bits per heavy atom. The lowest BCUT2D eigenvalue weighted by Crippen LogP contribution is -2.35. The minimum Gasteiger partial charge on any atom is -0.385 e. The molecule has 2 aliphatic rings. The van der Waals surface area contributed by atoms with Crippen LogP contribution in [0.1, 0.15) is 12.0 Å². The molecule has 0 saturated carbocycles. The number of hydrogen-bond acceptors (Lipinski definition) is 6. The van der Waals surface area contributed by atoms with Crippen LogP contribution in [0.15, 0.2) is 66.2 Å². The molecule has 0 atom stereocenters. The number of para-hydroxylation sites is 1. The monoisotopic (exact) mass is 419 g/mol. The van der Waals surface area contributed by atoms with Crippen molar-refractivity contribution in [2.45, 2.75) is 17.7 Å². The van der Waals surface area contributed by atoms with E-state index in [-0.39, 0.29) is 11.4 Å². The van der Waals surface area contributed by atoms with Gasteiger partial charge in [-0.05, 0) is 36.6 Å². The Bertz CT molecular complexity index is 1260. The zero-order valence-electron chi connectivity index (χ0n) is 16.3. The summed E-state index contributed by atoms with van der Waals surface area (Å²) in [6.07, 6.45) is 5.14. The van der Waals surface area contributed by atoms with Crippen LogP contribution >= 0.6 is 0 Å². The predicted octanol–water partition coefficient (Wildman–Crippen LogP) is 3.94. The van der Waals surface area contributed by atoms with E-state index in [2.05, 4.69) is 33.2 Å². The summed E-state index contributed by atoms with van der Waals surface area (Å²) in [5.74, 6) is 0.353. The Balaban J connectivity index is 1.56. The maximum Gasteiger partial charge on any atom is 0.268 e. The fourth-order valence-electron chi connectivity index (χ4n) is 3.93. The molecule has 3 heterocycles. The number of sulfonamides is 1. The first kappa shape index (κ1) is 18.6. The second-order valence-electron chi connectivity index (χ2n) is 7.28. The average molecular weight is 420 g/mol. The van der Waals surface area contributed by atoms with Crippen molar-refractivity contribution in [3.8, 4) is 11.3 Å². The van der Waals surface area contributed by atoms with Crippen LogP contribution < -0.4 is 14.9 Å². The molecule has 7 nitrogen and oxygen atoms in total. The first-order chi connectivity index (χ1) is 14.6. The Morgan fingerprint density at radius 2 is 2.10 bits per heavy atom. The fraction of sp³-hybridized carbons (Fsp3) is 0.182. The van der Waals surface area contributed by atoms with Crippen LogP contribution in [0, 0.1) is 0 Å². The number of anilines is 4. The van der Waals surface area contributed by atoms with Crippen molar-refractivity contribution >= 4 is 33.0 Å². The minimum absolute atomic E-state index is 0.0979. The third-order valence-electron chi connectivity index (χ3n) is 5.35. The highest BCUT2D eigenvalue weighted by atomic mass is 32.2. The highest BCUT2D eigenvalue weighted by Crippen LogP contribution is 2.42. The lowest BCUT2D eigenvalue weighted by molar-refractivity contribution is 0.591. The van der Waals surface area contributed by atoms with Gasteiger partial charge in [0.25, 0.3) is 10.0 Å². The van der Waals surface area contributed by atoms with Crippen LogP contribution in [0.2, 0.25) is 0 Å². The lowest BCUT2D eigenvalue weighted by atomic mass is 10.0. The van der Waals surface area contributed by atoms with Crippen LogP contribution in [0.25, 0.3) is 11.3 Å². The molecule has 152 valence electrons. The van der Waals surface area contributed by atoms with Gasteiger partial charge >= 0.3 is 0 Å². The van der Waals surface area contributed by atoms with E-state index < -0.39 is 10.0 Å². The van der Waals surface area contributed by atoms with Gasteiger partial charge in [-0.1, -0.05) is 30.3 Å². The highest BCUT2D eigenvalue weighted by Gasteiger charge is 2.35. The number of aromatic nitrogens is 2. The molecule has 0 fully saturated rings. The number of nitrogens with zero attached hydrogens (tertiary/aromatic N) is 3. The lowest BCUT2D eigenvalue weighted by Gasteiger charge is -2.30. The summed E-state index contributed by atoms with van der Waals surface area (Å²) in [6, 6.07) is 13.5. The van der Waals surface area contributed by atoms with Crippen LogP contribution in [0.3, 0.4) is 0 Å². The van der Waals surface area contributed by atoms with E-state index in [1.165, 1.54) is 16.1 Å².